The molecule has 0 bridgehead atoms. The van der Waals surface area contributed by atoms with E-state index in [0.29, 0.717) is 11.1 Å². The number of halogens is 2. The summed E-state index contributed by atoms with van der Waals surface area (Å²) in [5.41, 5.74) is 1.04. The van der Waals surface area contributed by atoms with Crippen LogP contribution in [-0.4, -0.2) is 26.2 Å². The molecule has 0 amide bonds. The Balaban J connectivity index is 1.77. The Morgan fingerprint density at radius 3 is 2.13 bits per heavy atom. The van der Waals surface area contributed by atoms with Crippen molar-refractivity contribution in [1.29, 1.82) is 0 Å². The maximum absolute atomic E-state index is 13.0. The van der Waals surface area contributed by atoms with Gasteiger partial charge in [-0.1, -0.05) is 0 Å². The van der Waals surface area contributed by atoms with Crippen molar-refractivity contribution in [3.63, 3.8) is 0 Å². The summed E-state index contributed by atoms with van der Waals surface area (Å²) < 4.78 is 25.9. The normalized spacial score (nSPS) is 22.4. The van der Waals surface area contributed by atoms with Gasteiger partial charge < -0.3 is 10.2 Å². The molecule has 4 heteroatoms. The van der Waals surface area contributed by atoms with Crippen LogP contribution in [0.3, 0.4) is 0 Å². The number of nitrogens with one attached hydrogen (secondary N) is 1. The van der Waals surface area contributed by atoms with Gasteiger partial charge in [0.25, 0.3) is 0 Å². The van der Waals surface area contributed by atoms with E-state index in [-0.39, 0.29) is 0 Å². The lowest BCUT2D eigenvalue weighted by Crippen LogP contribution is -2.71. The van der Waals surface area contributed by atoms with Crippen molar-refractivity contribution in [3.05, 3.63) is 29.8 Å². The average molecular weight is 210 g/mol. The van der Waals surface area contributed by atoms with Crippen LogP contribution >= 0.6 is 0 Å². The Kier molecular flexibility index (Phi) is 1.77. The molecule has 15 heavy (non-hydrogen) atoms. The van der Waals surface area contributed by atoms with Crippen molar-refractivity contribution in [2.45, 2.75) is 0 Å². The van der Waals surface area contributed by atoms with Gasteiger partial charge in [0.15, 0.2) is 0 Å². The summed E-state index contributed by atoms with van der Waals surface area (Å²) in [7, 11) is 0. The summed E-state index contributed by atoms with van der Waals surface area (Å²) in [5.74, 6) is -1.00. The van der Waals surface area contributed by atoms with Crippen molar-refractivity contribution in [2.75, 3.05) is 31.1 Å². The van der Waals surface area contributed by atoms with Crippen LogP contribution in [0.4, 0.5) is 14.5 Å². The molecule has 1 spiro atoms. The zero-order chi connectivity index (χ0) is 10.5. The fraction of sp³-hybridized carbons (Fsp3) is 0.455. The summed E-state index contributed by atoms with van der Waals surface area (Å²) >= 11 is 0. The van der Waals surface area contributed by atoms with Gasteiger partial charge in [0.1, 0.15) is 11.6 Å². The van der Waals surface area contributed by atoms with Crippen molar-refractivity contribution in [3.8, 4) is 0 Å². The third kappa shape index (κ3) is 1.40. The van der Waals surface area contributed by atoms with Crippen LogP contribution in [0.1, 0.15) is 0 Å². The second-order valence-corrected chi connectivity index (χ2v) is 4.59. The second-order valence-electron chi connectivity index (χ2n) is 4.59. The van der Waals surface area contributed by atoms with Crippen LogP contribution < -0.4 is 10.2 Å². The first-order chi connectivity index (χ1) is 7.17. The predicted octanol–water partition coefficient (Wildman–Crippen LogP) is 1.37. The van der Waals surface area contributed by atoms with Gasteiger partial charge in [-0.3, -0.25) is 0 Å². The molecule has 0 saturated carbocycles. The number of hydrogen-bond acceptors (Lipinski definition) is 2. The van der Waals surface area contributed by atoms with E-state index in [9.17, 15) is 8.78 Å². The summed E-state index contributed by atoms with van der Waals surface area (Å²) in [4.78, 5) is 2.02. The Morgan fingerprint density at radius 1 is 1.07 bits per heavy atom. The number of nitrogens with zero attached hydrogens (tertiary/aromatic N) is 1. The molecular weight excluding hydrogens is 198 g/mol. The molecule has 2 saturated heterocycles. The summed E-state index contributed by atoms with van der Waals surface area (Å²) in [5, 5.41) is 3.22. The van der Waals surface area contributed by atoms with Crippen LogP contribution in [0.15, 0.2) is 18.2 Å². The second kappa shape index (κ2) is 2.92. The quantitative estimate of drug-likeness (QED) is 0.753. The molecule has 2 nitrogen and oxygen atoms in total. The number of rotatable bonds is 1. The summed E-state index contributed by atoms with van der Waals surface area (Å²) in [6.07, 6.45) is 0. The average Bonchev–Trinajstić information content (AvgIpc) is 1.95. The third-order valence-corrected chi connectivity index (χ3v) is 3.27. The van der Waals surface area contributed by atoms with Gasteiger partial charge in [-0.2, -0.15) is 0 Å². The van der Waals surface area contributed by atoms with Crippen LogP contribution in [-0.2, 0) is 0 Å². The monoisotopic (exact) mass is 210 g/mol. The molecule has 0 aromatic heterocycles. The van der Waals surface area contributed by atoms with Crippen molar-refractivity contribution >= 4 is 5.69 Å². The minimum absolute atomic E-state index is 0.378. The standard InChI is InChI=1S/C11H12F2N2/c12-8-1-9(13)3-10(2-8)15-6-11(7-15)4-14-5-11/h1-3,14H,4-7H2. The minimum Gasteiger partial charge on any atom is -0.370 e. The highest BCUT2D eigenvalue weighted by molar-refractivity contribution is 5.51. The molecule has 0 atom stereocenters. The summed E-state index contributed by atoms with van der Waals surface area (Å²) in [6, 6.07) is 3.69. The van der Waals surface area contributed by atoms with E-state index in [2.05, 4.69) is 5.32 Å². The molecule has 2 heterocycles. The Bertz CT molecular complexity index is 373. The van der Waals surface area contributed by atoms with Crippen LogP contribution in [0.5, 0.6) is 0 Å². The van der Waals surface area contributed by atoms with E-state index >= 15 is 0 Å². The molecule has 3 rings (SSSR count). The predicted molar refractivity (Wildman–Crippen MR) is 53.9 cm³/mol. The smallest absolute Gasteiger partial charge is 0.128 e. The van der Waals surface area contributed by atoms with Gasteiger partial charge in [-0.25, -0.2) is 8.78 Å². The van der Waals surface area contributed by atoms with Gasteiger partial charge >= 0.3 is 0 Å². The molecule has 0 aliphatic carbocycles. The largest absolute Gasteiger partial charge is 0.370 e. The molecule has 1 aromatic carbocycles. The van der Waals surface area contributed by atoms with Crippen LogP contribution in [0.25, 0.3) is 0 Å². The molecule has 1 aromatic rings. The highest BCUT2D eigenvalue weighted by Crippen LogP contribution is 2.37. The first-order valence-corrected chi connectivity index (χ1v) is 5.09. The number of benzene rings is 1. The molecule has 80 valence electrons. The lowest BCUT2D eigenvalue weighted by atomic mass is 9.74. The Hall–Kier alpha value is -1.16. The summed E-state index contributed by atoms with van der Waals surface area (Å²) in [6.45, 7) is 3.87. The minimum atomic E-state index is -0.502. The SMILES string of the molecule is Fc1cc(F)cc(N2CC3(CNC3)C2)c1. The van der Waals surface area contributed by atoms with Crippen LogP contribution in [0.2, 0.25) is 0 Å². The van der Waals surface area contributed by atoms with E-state index in [1.54, 1.807) is 0 Å². The molecule has 2 fully saturated rings. The van der Waals surface area contributed by atoms with Crippen molar-refractivity contribution < 1.29 is 8.78 Å². The maximum Gasteiger partial charge on any atom is 0.128 e. The maximum atomic E-state index is 13.0. The van der Waals surface area contributed by atoms with Crippen molar-refractivity contribution in [1.82, 2.24) is 5.32 Å². The molecule has 0 unspecified atom stereocenters. The van der Waals surface area contributed by atoms with E-state index in [0.717, 1.165) is 32.2 Å². The highest BCUT2D eigenvalue weighted by atomic mass is 19.1. The number of hydrogen-bond donors (Lipinski definition) is 1. The van der Waals surface area contributed by atoms with E-state index in [1.165, 1.54) is 12.1 Å². The van der Waals surface area contributed by atoms with E-state index in [1.807, 2.05) is 4.90 Å². The Labute approximate surface area is 86.9 Å². The molecule has 2 aliphatic rings. The van der Waals surface area contributed by atoms with Gasteiger partial charge in [0, 0.05) is 43.3 Å². The fourth-order valence-corrected chi connectivity index (χ4v) is 2.37. The first kappa shape index (κ1) is 9.09. The van der Waals surface area contributed by atoms with Crippen molar-refractivity contribution in [2.24, 2.45) is 5.41 Å². The van der Waals surface area contributed by atoms with Crippen LogP contribution in [0, 0.1) is 17.0 Å². The highest BCUT2D eigenvalue weighted by Gasteiger charge is 2.47. The fourth-order valence-electron chi connectivity index (χ4n) is 2.37. The Morgan fingerprint density at radius 2 is 1.67 bits per heavy atom. The lowest BCUT2D eigenvalue weighted by Gasteiger charge is -2.57. The molecular formula is C11H12F2N2. The zero-order valence-electron chi connectivity index (χ0n) is 8.26. The third-order valence-electron chi connectivity index (χ3n) is 3.27. The lowest BCUT2D eigenvalue weighted by molar-refractivity contribution is 0.121. The van der Waals surface area contributed by atoms with Gasteiger partial charge in [0.05, 0.1) is 0 Å². The van der Waals surface area contributed by atoms with E-state index in [4.69, 9.17) is 0 Å². The molecule has 1 N–H and O–H groups in total. The van der Waals surface area contributed by atoms with Gasteiger partial charge in [-0.15, -0.1) is 0 Å². The number of anilines is 1. The van der Waals surface area contributed by atoms with E-state index < -0.39 is 11.6 Å². The van der Waals surface area contributed by atoms with Gasteiger partial charge in [0.2, 0.25) is 0 Å². The first-order valence-electron chi connectivity index (χ1n) is 5.09. The molecule has 2 aliphatic heterocycles. The topological polar surface area (TPSA) is 15.3 Å². The van der Waals surface area contributed by atoms with Gasteiger partial charge in [-0.05, 0) is 12.1 Å². The zero-order valence-corrected chi connectivity index (χ0v) is 8.26. The molecule has 0 radical (unpaired) electrons.